The molecule has 0 unspecified atom stereocenters. The number of hydrogen-bond donors (Lipinski definition) is 1. The van der Waals surface area contributed by atoms with E-state index >= 15 is 0 Å². The first kappa shape index (κ1) is 10.7. The summed E-state index contributed by atoms with van der Waals surface area (Å²) in [5, 5.41) is 5.97. The molecule has 0 saturated carbocycles. The Morgan fingerprint density at radius 1 is 1.47 bits per heavy atom. The van der Waals surface area contributed by atoms with E-state index in [1.165, 1.54) is 0 Å². The highest BCUT2D eigenvalue weighted by atomic mass is 127. The molecule has 0 fully saturated rings. The van der Waals surface area contributed by atoms with Crippen molar-refractivity contribution in [3.63, 3.8) is 0 Å². The Morgan fingerprint density at radius 2 is 2.33 bits per heavy atom. The third kappa shape index (κ3) is 2.43. The minimum atomic E-state index is 0.682. The second-order valence-electron chi connectivity index (χ2n) is 2.76. The number of rotatable bonds is 3. The molecule has 6 heteroatoms. The molecule has 15 heavy (non-hydrogen) atoms. The molecule has 78 valence electrons. The molecule has 0 spiro atoms. The van der Waals surface area contributed by atoms with Crippen LogP contribution >= 0.6 is 33.9 Å². The number of nitrogens with zero attached hydrogens (tertiary/aromatic N) is 3. The summed E-state index contributed by atoms with van der Waals surface area (Å²) in [6.45, 7) is 2.89. The monoisotopic (exact) mass is 332 g/mol. The highest BCUT2D eigenvalue weighted by molar-refractivity contribution is 14.1. The van der Waals surface area contributed by atoms with E-state index in [0.717, 1.165) is 20.9 Å². The molecule has 2 aromatic rings. The minimum Gasteiger partial charge on any atom is -0.369 e. The Hall–Kier alpha value is -0.760. The first-order chi connectivity index (χ1) is 7.31. The summed E-state index contributed by atoms with van der Waals surface area (Å²) in [6, 6.07) is 0. The second-order valence-corrected chi connectivity index (χ2v) is 4.81. The zero-order valence-corrected chi connectivity index (χ0v) is 11.0. The maximum absolute atomic E-state index is 4.42. The van der Waals surface area contributed by atoms with Gasteiger partial charge in [-0.05, 0) is 29.5 Å². The van der Waals surface area contributed by atoms with Crippen LogP contribution < -0.4 is 5.32 Å². The van der Waals surface area contributed by atoms with Gasteiger partial charge in [-0.25, -0.2) is 15.0 Å². The maximum atomic E-state index is 4.42. The number of hydrogen-bond acceptors (Lipinski definition) is 5. The fraction of sp³-hybridized carbons (Fsp3) is 0.222. The van der Waals surface area contributed by atoms with Crippen molar-refractivity contribution in [2.75, 3.05) is 11.9 Å². The molecule has 0 aliphatic carbocycles. The fourth-order valence-corrected chi connectivity index (χ4v) is 2.12. The highest BCUT2D eigenvalue weighted by Crippen LogP contribution is 2.21. The largest absolute Gasteiger partial charge is 0.369 e. The molecule has 2 heterocycles. The lowest BCUT2D eigenvalue weighted by Gasteiger charge is -2.05. The molecule has 0 atom stereocenters. The van der Waals surface area contributed by atoms with E-state index in [2.05, 4.69) is 42.9 Å². The zero-order valence-electron chi connectivity index (χ0n) is 8.07. The van der Waals surface area contributed by atoms with Gasteiger partial charge in [0.05, 0.1) is 3.57 Å². The lowest BCUT2D eigenvalue weighted by atomic mass is 10.5. The van der Waals surface area contributed by atoms with Crippen LogP contribution in [0.2, 0.25) is 0 Å². The lowest BCUT2D eigenvalue weighted by molar-refractivity contribution is 1.10. The number of thiazole rings is 1. The smallest absolute Gasteiger partial charge is 0.190 e. The molecule has 2 aromatic heterocycles. The Balaban J connectivity index is 2.38. The Labute approximate surface area is 105 Å². The van der Waals surface area contributed by atoms with Crippen LogP contribution in [-0.4, -0.2) is 21.5 Å². The van der Waals surface area contributed by atoms with Crippen molar-refractivity contribution in [1.82, 2.24) is 15.0 Å². The molecule has 0 radical (unpaired) electrons. The van der Waals surface area contributed by atoms with Crippen molar-refractivity contribution in [1.29, 1.82) is 0 Å². The first-order valence-corrected chi connectivity index (χ1v) is 6.43. The number of aromatic nitrogens is 3. The predicted octanol–water partition coefficient (Wildman–Crippen LogP) is 2.64. The third-order valence-electron chi connectivity index (χ3n) is 1.71. The van der Waals surface area contributed by atoms with Gasteiger partial charge in [-0.2, -0.15) is 0 Å². The zero-order chi connectivity index (χ0) is 10.7. The summed E-state index contributed by atoms with van der Waals surface area (Å²) in [7, 11) is 0. The van der Waals surface area contributed by atoms with Gasteiger partial charge in [-0.1, -0.05) is 0 Å². The Morgan fingerprint density at radius 3 is 3.00 bits per heavy atom. The van der Waals surface area contributed by atoms with Gasteiger partial charge >= 0.3 is 0 Å². The molecule has 0 amide bonds. The molecule has 0 saturated heterocycles. The quantitative estimate of drug-likeness (QED) is 0.878. The molecule has 0 aromatic carbocycles. The number of nitrogens with one attached hydrogen (secondary N) is 1. The highest BCUT2D eigenvalue weighted by Gasteiger charge is 2.07. The van der Waals surface area contributed by atoms with Gasteiger partial charge in [0.2, 0.25) is 0 Å². The maximum Gasteiger partial charge on any atom is 0.190 e. The summed E-state index contributed by atoms with van der Waals surface area (Å²) in [5.41, 5.74) is 0. The van der Waals surface area contributed by atoms with Gasteiger partial charge in [0, 0.05) is 24.3 Å². The third-order valence-corrected chi connectivity index (χ3v) is 3.27. The van der Waals surface area contributed by atoms with Crippen LogP contribution in [0.3, 0.4) is 0 Å². The summed E-state index contributed by atoms with van der Waals surface area (Å²) in [5.74, 6) is 1.56. The van der Waals surface area contributed by atoms with Gasteiger partial charge in [-0.15, -0.1) is 11.3 Å². The standard InChI is InChI=1S/C9H9IN4S/c1-2-11-7-6(10)5-13-8(14-7)9-12-3-4-15-9/h3-5H,2H2,1H3,(H,11,13,14). The van der Waals surface area contributed by atoms with Crippen molar-refractivity contribution in [3.8, 4) is 10.8 Å². The summed E-state index contributed by atoms with van der Waals surface area (Å²) in [4.78, 5) is 12.9. The average Bonchev–Trinajstić information content (AvgIpc) is 2.75. The van der Waals surface area contributed by atoms with Crippen molar-refractivity contribution >= 4 is 39.7 Å². The Kier molecular flexibility index (Phi) is 3.47. The van der Waals surface area contributed by atoms with E-state index in [-0.39, 0.29) is 0 Å². The van der Waals surface area contributed by atoms with Crippen LogP contribution in [-0.2, 0) is 0 Å². The normalized spacial score (nSPS) is 10.3. The molecule has 0 bridgehead atoms. The summed E-state index contributed by atoms with van der Waals surface area (Å²) >= 11 is 3.76. The molecule has 0 aliphatic rings. The lowest BCUT2D eigenvalue weighted by Crippen LogP contribution is -2.03. The predicted molar refractivity (Wildman–Crippen MR) is 70.0 cm³/mol. The topological polar surface area (TPSA) is 50.7 Å². The molecule has 0 aliphatic heterocycles. The van der Waals surface area contributed by atoms with E-state index in [1.807, 2.05) is 18.5 Å². The molecular weight excluding hydrogens is 323 g/mol. The Bertz CT molecular complexity index is 443. The van der Waals surface area contributed by atoms with Gasteiger partial charge in [0.15, 0.2) is 10.8 Å². The van der Waals surface area contributed by atoms with E-state index in [4.69, 9.17) is 0 Å². The first-order valence-electron chi connectivity index (χ1n) is 4.47. The van der Waals surface area contributed by atoms with E-state index in [1.54, 1.807) is 17.5 Å². The van der Waals surface area contributed by atoms with Crippen LogP contribution in [0, 0.1) is 3.57 Å². The molecule has 4 nitrogen and oxygen atoms in total. The average molecular weight is 332 g/mol. The van der Waals surface area contributed by atoms with Gasteiger partial charge in [0.1, 0.15) is 5.82 Å². The number of anilines is 1. The van der Waals surface area contributed by atoms with Crippen LogP contribution in [0.4, 0.5) is 5.82 Å². The second kappa shape index (κ2) is 4.84. The summed E-state index contributed by atoms with van der Waals surface area (Å²) < 4.78 is 1.02. The van der Waals surface area contributed by atoms with E-state index in [9.17, 15) is 0 Å². The SMILES string of the molecule is CCNc1nc(-c2nccs2)ncc1I. The fourth-order valence-electron chi connectivity index (χ4n) is 1.10. The summed E-state index contributed by atoms with van der Waals surface area (Å²) in [6.07, 6.45) is 3.57. The van der Waals surface area contributed by atoms with Crippen molar-refractivity contribution in [2.24, 2.45) is 0 Å². The van der Waals surface area contributed by atoms with Crippen molar-refractivity contribution < 1.29 is 0 Å². The van der Waals surface area contributed by atoms with E-state index in [0.29, 0.717) is 5.82 Å². The van der Waals surface area contributed by atoms with Crippen LogP contribution in [0.5, 0.6) is 0 Å². The van der Waals surface area contributed by atoms with Crippen LogP contribution in [0.25, 0.3) is 10.8 Å². The van der Waals surface area contributed by atoms with Crippen LogP contribution in [0.1, 0.15) is 6.92 Å². The molecular formula is C9H9IN4S. The van der Waals surface area contributed by atoms with Gasteiger partial charge in [0.25, 0.3) is 0 Å². The van der Waals surface area contributed by atoms with Gasteiger partial charge in [-0.3, -0.25) is 0 Å². The molecule has 2 rings (SSSR count). The molecule has 1 N–H and O–H groups in total. The van der Waals surface area contributed by atoms with Crippen LogP contribution in [0.15, 0.2) is 17.8 Å². The van der Waals surface area contributed by atoms with Crippen molar-refractivity contribution in [2.45, 2.75) is 6.92 Å². The van der Waals surface area contributed by atoms with E-state index < -0.39 is 0 Å². The number of halogens is 1. The van der Waals surface area contributed by atoms with Crippen molar-refractivity contribution in [3.05, 3.63) is 21.3 Å². The van der Waals surface area contributed by atoms with Gasteiger partial charge < -0.3 is 5.32 Å². The minimum absolute atomic E-state index is 0.682.